The van der Waals surface area contributed by atoms with Crippen LogP contribution in [0.5, 0.6) is 0 Å². The van der Waals surface area contributed by atoms with Gasteiger partial charge in [0, 0.05) is 0 Å². The predicted molar refractivity (Wildman–Crippen MR) is 119 cm³/mol. The van der Waals surface area contributed by atoms with E-state index in [1.807, 2.05) is 24.3 Å². The van der Waals surface area contributed by atoms with Gasteiger partial charge in [0.05, 0.1) is 53.4 Å². The first-order valence-corrected chi connectivity index (χ1v) is 10.6. The molecular weight excluding hydrogens is 476 g/mol. The third-order valence-electron chi connectivity index (χ3n) is 5.43. The number of nitrogens with zero attached hydrogens (tertiary/aromatic N) is 2. The molecule has 2 nitrogen and oxygen atoms in total. The highest BCUT2D eigenvalue weighted by Gasteiger charge is 2.17. The lowest BCUT2D eigenvalue weighted by atomic mass is 10.1. The van der Waals surface area contributed by atoms with Gasteiger partial charge in [-0.25, -0.2) is 0 Å². The summed E-state index contributed by atoms with van der Waals surface area (Å²) < 4.78 is 2.11. The van der Waals surface area contributed by atoms with E-state index >= 15 is 0 Å². The van der Waals surface area contributed by atoms with Crippen LogP contribution in [-0.4, -0.2) is 62.3 Å². The first kappa shape index (κ1) is 32.5. The molecule has 0 amide bonds. The standard InChI is InChI=1S/C24H46N2.2BrH/c1-7-19-25(5,20-8-2)23-17-15-13-11-12-14-16-18-24-26(6,21-9-3)22-10-4;;/h7-10H,1-4,11-24H2,5-6H3;2*1H/q+2;;/p-2. The Hall–Kier alpha value is -0.160. The Morgan fingerprint density at radius 1 is 0.464 bits per heavy atom. The zero-order valence-electron chi connectivity index (χ0n) is 18.7. The smallest absolute Gasteiger partial charge is 0.0971 e. The number of hydrogen-bond acceptors (Lipinski definition) is 0. The normalized spacial score (nSPS) is 11.1. The van der Waals surface area contributed by atoms with Gasteiger partial charge < -0.3 is 42.9 Å². The third-order valence-corrected chi connectivity index (χ3v) is 5.43. The summed E-state index contributed by atoms with van der Waals surface area (Å²) in [6.07, 6.45) is 19.0. The summed E-state index contributed by atoms with van der Waals surface area (Å²) >= 11 is 0. The summed E-state index contributed by atoms with van der Waals surface area (Å²) in [6.45, 7) is 22.2. The van der Waals surface area contributed by atoms with Crippen LogP contribution in [0, 0.1) is 0 Å². The first-order valence-electron chi connectivity index (χ1n) is 10.6. The summed E-state index contributed by atoms with van der Waals surface area (Å²) in [6, 6.07) is 0. The van der Waals surface area contributed by atoms with Gasteiger partial charge in [-0.3, -0.25) is 0 Å². The molecule has 0 fully saturated rings. The molecule has 0 bridgehead atoms. The lowest BCUT2D eigenvalue weighted by Crippen LogP contribution is -3.00. The van der Waals surface area contributed by atoms with Gasteiger partial charge in [-0.15, -0.1) is 0 Å². The number of rotatable bonds is 19. The number of hydrogen-bond donors (Lipinski definition) is 0. The van der Waals surface area contributed by atoms with Gasteiger partial charge in [0.2, 0.25) is 0 Å². The molecule has 0 unspecified atom stereocenters. The largest absolute Gasteiger partial charge is 1.00 e. The van der Waals surface area contributed by atoms with Crippen LogP contribution in [0.2, 0.25) is 0 Å². The minimum absolute atomic E-state index is 0. The fourth-order valence-electron chi connectivity index (χ4n) is 3.81. The van der Waals surface area contributed by atoms with Gasteiger partial charge in [-0.05, 0) is 50.0 Å². The highest BCUT2D eigenvalue weighted by Crippen LogP contribution is 2.13. The van der Waals surface area contributed by atoms with Crippen molar-refractivity contribution in [3.8, 4) is 0 Å². The molecule has 0 aromatic rings. The highest BCUT2D eigenvalue weighted by molar-refractivity contribution is 4.72. The molecule has 0 radical (unpaired) electrons. The van der Waals surface area contributed by atoms with E-state index in [-0.39, 0.29) is 34.0 Å². The Bertz CT molecular complexity index is 349. The lowest BCUT2D eigenvalue weighted by molar-refractivity contribution is -0.898. The molecule has 0 N–H and O–H groups in total. The Kier molecular flexibility index (Phi) is 23.4. The Balaban J connectivity index is -0.00000312. The maximum Gasteiger partial charge on any atom is 0.0971 e. The van der Waals surface area contributed by atoms with Crippen molar-refractivity contribution in [1.82, 2.24) is 0 Å². The Morgan fingerprint density at radius 2 is 0.679 bits per heavy atom. The van der Waals surface area contributed by atoms with Crippen LogP contribution in [0.15, 0.2) is 50.6 Å². The molecular formula is C24H46Br2N2. The number of unbranched alkanes of at least 4 members (excludes halogenated alkanes) is 7. The van der Waals surface area contributed by atoms with Gasteiger partial charge in [-0.1, -0.05) is 52.0 Å². The molecule has 0 atom stereocenters. The van der Waals surface area contributed by atoms with Gasteiger partial charge in [0.1, 0.15) is 0 Å². The van der Waals surface area contributed by atoms with Gasteiger partial charge in [-0.2, -0.15) is 0 Å². The van der Waals surface area contributed by atoms with E-state index < -0.39 is 0 Å². The molecule has 166 valence electrons. The molecule has 28 heavy (non-hydrogen) atoms. The maximum absolute atomic E-state index is 3.90. The Labute approximate surface area is 197 Å². The summed E-state index contributed by atoms with van der Waals surface area (Å²) in [7, 11) is 4.63. The summed E-state index contributed by atoms with van der Waals surface area (Å²) in [4.78, 5) is 0. The molecule has 0 aliphatic heterocycles. The van der Waals surface area contributed by atoms with Crippen LogP contribution in [0.4, 0.5) is 0 Å². The molecule has 0 spiro atoms. The fourth-order valence-corrected chi connectivity index (χ4v) is 3.81. The molecule has 0 rings (SSSR count). The molecule has 0 aliphatic rings. The second-order valence-electron chi connectivity index (χ2n) is 8.40. The van der Waals surface area contributed by atoms with Crippen molar-refractivity contribution in [2.75, 3.05) is 53.4 Å². The predicted octanol–water partition coefficient (Wildman–Crippen LogP) is -0.248. The van der Waals surface area contributed by atoms with Gasteiger partial charge in [0.15, 0.2) is 0 Å². The SMILES string of the molecule is C=CC[N+](C)(CC=C)CCCCCCCCCC[N+](C)(CC=C)CC=C.[Br-].[Br-]. The van der Waals surface area contributed by atoms with E-state index in [9.17, 15) is 0 Å². The van der Waals surface area contributed by atoms with Crippen LogP contribution in [0.3, 0.4) is 0 Å². The van der Waals surface area contributed by atoms with E-state index in [1.165, 1.54) is 64.5 Å². The quantitative estimate of drug-likeness (QED) is 0.125. The zero-order chi connectivity index (χ0) is 19.7. The van der Waals surface area contributed by atoms with Crippen molar-refractivity contribution < 1.29 is 42.9 Å². The van der Waals surface area contributed by atoms with Crippen LogP contribution in [0.25, 0.3) is 0 Å². The Morgan fingerprint density at radius 3 is 0.893 bits per heavy atom. The number of halogens is 2. The lowest BCUT2D eigenvalue weighted by Gasteiger charge is -2.32. The molecule has 0 aliphatic carbocycles. The zero-order valence-corrected chi connectivity index (χ0v) is 21.9. The maximum atomic E-state index is 3.90. The fraction of sp³-hybridized carbons (Fsp3) is 0.667. The van der Waals surface area contributed by atoms with Crippen LogP contribution >= 0.6 is 0 Å². The average Bonchev–Trinajstić information content (AvgIpc) is 2.57. The van der Waals surface area contributed by atoms with Crippen molar-refractivity contribution in [2.45, 2.75) is 51.4 Å². The van der Waals surface area contributed by atoms with Crippen molar-refractivity contribution in [2.24, 2.45) is 0 Å². The van der Waals surface area contributed by atoms with E-state index in [1.54, 1.807) is 0 Å². The van der Waals surface area contributed by atoms with E-state index in [4.69, 9.17) is 0 Å². The van der Waals surface area contributed by atoms with Gasteiger partial charge >= 0.3 is 0 Å². The summed E-state index contributed by atoms with van der Waals surface area (Å²) in [5.74, 6) is 0. The number of likely N-dealkylation sites (N-methyl/N-ethyl adjacent to an activating group) is 2. The molecule has 4 heteroatoms. The number of quaternary nitrogens is 2. The van der Waals surface area contributed by atoms with Gasteiger partial charge in [0.25, 0.3) is 0 Å². The van der Waals surface area contributed by atoms with Crippen LogP contribution < -0.4 is 34.0 Å². The van der Waals surface area contributed by atoms with Crippen LogP contribution in [0.1, 0.15) is 51.4 Å². The van der Waals surface area contributed by atoms with Crippen molar-refractivity contribution in [1.29, 1.82) is 0 Å². The molecule has 0 saturated heterocycles. The monoisotopic (exact) mass is 520 g/mol. The van der Waals surface area contributed by atoms with Crippen molar-refractivity contribution in [3.63, 3.8) is 0 Å². The summed E-state index contributed by atoms with van der Waals surface area (Å²) in [5, 5.41) is 0. The highest BCUT2D eigenvalue weighted by atomic mass is 79.9. The third kappa shape index (κ3) is 16.8. The average molecular weight is 522 g/mol. The molecule has 0 aromatic heterocycles. The topological polar surface area (TPSA) is 0 Å². The molecule has 0 saturated carbocycles. The van der Waals surface area contributed by atoms with E-state index in [2.05, 4.69) is 40.4 Å². The second-order valence-corrected chi connectivity index (χ2v) is 8.40. The molecule has 0 aromatic carbocycles. The minimum atomic E-state index is 0. The molecule has 0 heterocycles. The minimum Gasteiger partial charge on any atom is -1.00 e. The van der Waals surface area contributed by atoms with E-state index in [0.29, 0.717) is 0 Å². The van der Waals surface area contributed by atoms with Crippen molar-refractivity contribution >= 4 is 0 Å². The first-order chi connectivity index (χ1) is 12.4. The second kappa shape index (κ2) is 20.1. The van der Waals surface area contributed by atoms with Crippen molar-refractivity contribution in [3.05, 3.63) is 50.6 Å². The van der Waals surface area contributed by atoms with E-state index in [0.717, 1.165) is 35.1 Å². The van der Waals surface area contributed by atoms with Crippen LogP contribution in [-0.2, 0) is 0 Å². The summed E-state index contributed by atoms with van der Waals surface area (Å²) in [5.41, 5.74) is 0.